The molecule has 0 unspecified atom stereocenters. The third-order valence-electron chi connectivity index (χ3n) is 2.45. The summed E-state index contributed by atoms with van der Waals surface area (Å²) in [7, 11) is 0. The summed E-state index contributed by atoms with van der Waals surface area (Å²) in [6, 6.07) is 12.0. The molecule has 0 atom stereocenters. The molecule has 0 saturated heterocycles. The van der Waals surface area contributed by atoms with Crippen molar-refractivity contribution in [1.82, 2.24) is 0 Å². The van der Waals surface area contributed by atoms with E-state index >= 15 is 0 Å². The van der Waals surface area contributed by atoms with Crippen LogP contribution >= 0.6 is 15.9 Å². The van der Waals surface area contributed by atoms with Crippen LogP contribution in [0.4, 0.5) is 4.39 Å². The maximum absolute atomic E-state index is 13.1. The SMILES string of the molecule is NCCc1cccc(Oc2cc(F)ccc2Br)c1. The molecular formula is C14H13BrFNO. The third-order valence-corrected chi connectivity index (χ3v) is 3.11. The van der Waals surface area contributed by atoms with Gasteiger partial charge in [-0.3, -0.25) is 0 Å². The molecule has 2 N–H and O–H groups in total. The lowest BCUT2D eigenvalue weighted by molar-refractivity contribution is 0.473. The second kappa shape index (κ2) is 5.98. The normalized spacial score (nSPS) is 10.4. The van der Waals surface area contributed by atoms with Gasteiger partial charge in [0, 0.05) is 6.07 Å². The smallest absolute Gasteiger partial charge is 0.144 e. The van der Waals surface area contributed by atoms with Crippen LogP contribution in [0.15, 0.2) is 46.9 Å². The zero-order valence-corrected chi connectivity index (χ0v) is 11.3. The van der Waals surface area contributed by atoms with Crippen LogP contribution in [0.2, 0.25) is 0 Å². The fourth-order valence-electron chi connectivity index (χ4n) is 1.61. The standard InChI is InChI=1S/C14H13BrFNO/c15-13-5-4-11(16)9-14(13)18-12-3-1-2-10(8-12)6-7-17/h1-5,8-9H,6-7,17H2. The van der Waals surface area contributed by atoms with Gasteiger partial charge in [-0.15, -0.1) is 0 Å². The van der Waals surface area contributed by atoms with Gasteiger partial charge in [0.15, 0.2) is 0 Å². The fourth-order valence-corrected chi connectivity index (χ4v) is 1.94. The van der Waals surface area contributed by atoms with Crippen molar-refractivity contribution < 1.29 is 9.13 Å². The van der Waals surface area contributed by atoms with E-state index in [9.17, 15) is 4.39 Å². The Kier molecular flexibility index (Phi) is 4.33. The highest BCUT2D eigenvalue weighted by atomic mass is 79.9. The van der Waals surface area contributed by atoms with Crippen molar-refractivity contribution in [2.75, 3.05) is 6.54 Å². The first-order valence-corrected chi connectivity index (χ1v) is 6.40. The van der Waals surface area contributed by atoms with E-state index in [1.165, 1.54) is 12.1 Å². The van der Waals surface area contributed by atoms with E-state index in [1.54, 1.807) is 6.07 Å². The Bertz CT molecular complexity index is 545. The zero-order valence-electron chi connectivity index (χ0n) is 9.70. The van der Waals surface area contributed by atoms with Crippen LogP contribution in [0.25, 0.3) is 0 Å². The Morgan fingerprint density at radius 2 is 2.00 bits per heavy atom. The molecule has 2 nitrogen and oxygen atoms in total. The molecule has 0 saturated carbocycles. The largest absolute Gasteiger partial charge is 0.456 e. The summed E-state index contributed by atoms with van der Waals surface area (Å²) in [6.45, 7) is 0.590. The predicted octanol–water partition coefficient (Wildman–Crippen LogP) is 3.88. The number of hydrogen-bond acceptors (Lipinski definition) is 2. The van der Waals surface area contributed by atoms with Gasteiger partial charge in [0.2, 0.25) is 0 Å². The van der Waals surface area contributed by atoms with Crippen molar-refractivity contribution in [3.05, 3.63) is 58.3 Å². The highest BCUT2D eigenvalue weighted by molar-refractivity contribution is 9.10. The van der Waals surface area contributed by atoms with Crippen LogP contribution < -0.4 is 10.5 Å². The molecule has 0 aliphatic rings. The molecule has 94 valence electrons. The van der Waals surface area contributed by atoms with E-state index in [0.717, 1.165) is 12.0 Å². The lowest BCUT2D eigenvalue weighted by Gasteiger charge is -2.09. The summed E-state index contributed by atoms with van der Waals surface area (Å²) in [5.74, 6) is 0.804. The van der Waals surface area contributed by atoms with E-state index in [1.807, 2.05) is 24.3 Å². The van der Waals surface area contributed by atoms with Crippen LogP contribution in [0.1, 0.15) is 5.56 Å². The molecule has 0 radical (unpaired) electrons. The number of halogens is 2. The van der Waals surface area contributed by atoms with Gasteiger partial charge in [0.05, 0.1) is 4.47 Å². The maximum atomic E-state index is 13.1. The molecule has 0 spiro atoms. The van der Waals surface area contributed by atoms with Crippen LogP contribution in [0, 0.1) is 5.82 Å². The quantitative estimate of drug-likeness (QED) is 0.930. The molecule has 0 aliphatic heterocycles. The predicted molar refractivity (Wildman–Crippen MR) is 73.4 cm³/mol. The minimum Gasteiger partial charge on any atom is -0.456 e. The molecule has 0 fully saturated rings. The van der Waals surface area contributed by atoms with E-state index < -0.39 is 0 Å². The summed E-state index contributed by atoms with van der Waals surface area (Å²) < 4.78 is 19.5. The Morgan fingerprint density at radius 3 is 2.78 bits per heavy atom. The lowest BCUT2D eigenvalue weighted by Crippen LogP contribution is -2.02. The molecule has 0 aliphatic carbocycles. The average Bonchev–Trinajstić information content (AvgIpc) is 2.35. The molecule has 18 heavy (non-hydrogen) atoms. The van der Waals surface area contributed by atoms with Gasteiger partial charge in [-0.05, 0) is 58.7 Å². The van der Waals surface area contributed by atoms with Gasteiger partial charge in [-0.2, -0.15) is 0 Å². The Morgan fingerprint density at radius 1 is 1.17 bits per heavy atom. The van der Waals surface area contributed by atoms with Crippen LogP contribution in [0.3, 0.4) is 0 Å². The first-order valence-electron chi connectivity index (χ1n) is 5.61. The van der Waals surface area contributed by atoms with E-state index in [4.69, 9.17) is 10.5 Å². The second-order valence-electron chi connectivity index (χ2n) is 3.86. The molecule has 2 rings (SSSR count). The molecular weight excluding hydrogens is 297 g/mol. The summed E-state index contributed by atoms with van der Waals surface area (Å²) in [6.07, 6.45) is 0.793. The molecule has 0 heterocycles. The summed E-state index contributed by atoms with van der Waals surface area (Å²) in [5, 5.41) is 0. The van der Waals surface area contributed by atoms with Crippen molar-refractivity contribution in [3.63, 3.8) is 0 Å². The van der Waals surface area contributed by atoms with E-state index in [0.29, 0.717) is 22.5 Å². The van der Waals surface area contributed by atoms with Crippen LogP contribution in [0.5, 0.6) is 11.5 Å². The number of benzene rings is 2. The van der Waals surface area contributed by atoms with Gasteiger partial charge in [0.25, 0.3) is 0 Å². The molecule has 4 heteroatoms. The van der Waals surface area contributed by atoms with Gasteiger partial charge in [-0.25, -0.2) is 4.39 Å². The topological polar surface area (TPSA) is 35.2 Å². The fraction of sp³-hybridized carbons (Fsp3) is 0.143. The highest BCUT2D eigenvalue weighted by Gasteiger charge is 2.05. The van der Waals surface area contributed by atoms with Gasteiger partial charge >= 0.3 is 0 Å². The Hall–Kier alpha value is -1.39. The molecule has 0 amide bonds. The lowest BCUT2D eigenvalue weighted by atomic mass is 10.1. The second-order valence-corrected chi connectivity index (χ2v) is 4.72. The first-order chi connectivity index (χ1) is 8.69. The van der Waals surface area contributed by atoms with Crippen LogP contribution in [-0.4, -0.2) is 6.54 Å². The number of rotatable bonds is 4. The molecule has 2 aromatic rings. The number of ether oxygens (including phenoxy) is 1. The van der Waals surface area contributed by atoms with Gasteiger partial charge < -0.3 is 10.5 Å². The van der Waals surface area contributed by atoms with Crippen molar-refractivity contribution in [3.8, 4) is 11.5 Å². The average molecular weight is 310 g/mol. The zero-order chi connectivity index (χ0) is 13.0. The van der Waals surface area contributed by atoms with Gasteiger partial charge in [0.1, 0.15) is 17.3 Å². The van der Waals surface area contributed by atoms with Crippen molar-refractivity contribution in [1.29, 1.82) is 0 Å². The molecule has 0 bridgehead atoms. The maximum Gasteiger partial charge on any atom is 0.144 e. The Balaban J connectivity index is 2.22. The van der Waals surface area contributed by atoms with Crippen LogP contribution in [-0.2, 0) is 6.42 Å². The Labute approximate surface area is 114 Å². The highest BCUT2D eigenvalue weighted by Crippen LogP contribution is 2.30. The molecule has 0 aromatic heterocycles. The van der Waals surface area contributed by atoms with E-state index in [2.05, 4.69) is 15.9 Å². The summed E-state index contributed by atoms with van der Waals surface area (Å²) in [4.78, 5) is 0. The van der Waals surface area contributed by atoms with Crippen molar-refractivity contribution in [2.24, 2.45) is 5.73 Å². The number of nitrogens with two attached hydrogens (primary N) is 1. The van der Waals surface area contributed by atoms with E-state index in [-0.39, 0.29) is 5.82 Å². The van der Waals surface area contributed by atoms with Crippen molar-refractivity contribution in [2.45, 2.75) is 6.42 Å². The first kappa shape index (κ1) is 13.1. The number of hydrogen-bond donors (Lipinski definition) is 1. The van der Waals surface area contributed by atoms with Gasteiger partial charge in [-0.1, -0.05) is 12.1 Å². The monoisotopic (exact) mass is 309 g/mol. The van der Waals surface area contributed by atoms with Crippen molar-refractivity contribution >= 4 is 15.9 Å². The summed E-state index contributed by atoms with van der Waals surface area (Å²) >= 11 is 3.33. The minimum atomic E-state index is -0.327. The minimum absolute atomic E-state index is 0.327. The molecule has 2 aromatic carbocycles. The third kappa shape index (κ3) is 3.31. The summed E-state index contributed by atoms with van der Waals surface area (Å²) in [5.41, 5.74) is 6.61.